The van der Waals surface area contributed by atoms with Crippen LogP contribution in [0.1, 0.15) is 16.1 Å². The van der Waals surface area contributed by atoms with Gasteiger partial charge in [-0.25, -0.2) is 5.10 Å². The van der Waals surface area contributed by atoms with Gasteiger partial charge < -0.3 is 14.6 Å². The number of hydrogen-bond donors (Lipinski definition) is 2. The van der Waals surface area contributed by atoms with Crippen LogP contribution in [0.25, 0.3) is 22.4 Å². The summed E-state index contributed by atoms with van der Waals surface area (Å²) in [5.74, 6) is 0.437. The first-order chi connectivity index (χ1) is 13.2. The molecule has 0 aliphatic heterocycles. The smallest absolute Gasteiger partial charge is 0.278 e. The SMILES string of the molecule is COc1ccc2c(C(=O)Nc3ccc(C#N)cc3-c3nnn[nH]3)noc2c1. The third-order valence-electron chi connectivity index (χ3n) is 3.89. The van der Waals surface area contributed by atoms with Gasteiger partial charge in [-0.3, -0.25) is 4.79 Å². The van der Waals surface area contributed by atoms with Crippen LogP contribution in [0.3, 0.4) is 0 Å². The van der Waals surface area contributed by atoms with Crippen molar-refractivity contribution in [3.05, 3.63) is 47.7 Å². The van der Waals surface area contributed by atoms with Gasteiger partial charge in [0.25, 0.3) is 5.91 Å². The number of amides is 1. The predicted octanol–water partition coefficient (Wildman–Crippen LogP) is 2.14. The number of methoxy groups -OCH3 is 1. The molecule has 2 heterocycles. The second-order valence-corrected chi connectivity index (χ2v) is 5.47. The summed E-state index contributed by atoms with van der Waals surface area (Å²) in [7, 11) is 1.54. The van der Waals surface area contributed by atoms with E-state index in [2.05, 4.69) is 31.1 Å². The van der Waals surface area contributed by atoms with Crippen LogP contribution in [0.4, 0.5) is 5.69 Å². The van der Waals surface area contributed by atoms with E-state index in [0.717, 1.165) is 0 Å². The second-order valence-electron chi connectivity index (χ2n) is 5.47. The molecule has 132 valence electrons. The highest BCUT2D eigenvalue weighted by Crippen LogP contribution is 2.28. The maximum absolute atomic E-state index is 12.7. The zero-order valence-corrected chi connectivity index (χ0v) is 13.9. The molecule has 0 atom stereocenters. The number of benzene rings is 2. The van der Waals surface area contributed by atoms with E-state index in [1.807, 2.05) is 6.07 Å². The zero-order valence-electron chi connectivity index (χ0n) is 13.9. The first-order valence-corrected chi connectivity index (χ1v) is 7.72. The Morgan fingerprint density at radius 2 is 2.19 bits per heavy atom. The van der Waals surface area contributed by atoms with E-state index >= 15 is 0 Å². The standard InChI is InChI=1S/C17H11N7O3/c1-26-10-3-4-11-14(7-10)27-22-15(11)17(25)19-13-5-2-9(8-18)6-12(13)16-20-23-24-21-16/h2-7H,1H3,(H,19,25)(H,20,21,23,24). The van der Waals surface area contributed by atoms with Crippen molar-refractivity contribution in [2.45, 2.75) is 0 Å². The minimum Gasteiger partial charge on any atom is -0.497 e. The van der Waals surface area contributed by atoms with Gasteiger partial charge in [0.05, 0.1) is 29.8 Å². The van der Waals surface area contributed by atoms with Gasteiger partial charge in [-0.15, -0.1) is 5.10 Å². The van der Waals surface area contributed by atoms with Crippen molar-refractivity contribution in [1.82, 2.24) is 25.8 Å². The van der Waals surface area contributed by atoms with Gasteiger partial charge in [0, 0.05) is 11.6 Å². The molecule has 0 unspecified atom stereocenters. The Morgan fingerprint density at radius 3 is 2.93 bits per heavy atom. The number of nitrogens with zero attached hydrogens (tertiary/aromatic N) is 5. The molecule has 2 aromatic carbocycles. The largest absolute Gasteiger partial charge is 0.497 e. The van der Waals surface area contributed by atoms with E-state index in [1.54, 1.807) is 36.4 Å². The summed E-state index contributed by atoms with van der Waals surface area (Å²) in [6, 6.07) is 11.8. The first kappa shape index (κ1) is 16.2. The minimum atomic E-state index is -0.475. The van der Waals surface area contributed by atoms with Gasteiger partial charge in [0.15, 0.2) is 17.1 Å². The summed E-state index contributed by atoms with van der Waals surface area (Å²) >= 11 is 0. The number of carbonyl (C=O) groups is 1. The normalized spacial score (nSPS) is 10.5. The van der Waals surface area contributed by atoms with Gasteiger partial charge in [0.1, 0.15) is 5.75 Å². The topological polar surface area (TPSA) is 143 Å². The highest BCUT2D eigenvalue weighted by atomic mass is 16.5. The van der Waals surface area contributed by atoms with Crippen LogP contribution in [0.15, 0.2) is 40.9 Å². The lowest BCUT2D eigenvalue weighted by Gasteiger charge is -2.08. The second kappa shape index (κ2) is 6.57. The van der Waals surface area contributed by atoms with Gasteiger partial charge in [-0.2, -0.15) is 5.26 Å². The van der Waals surface area contributed by atoms with E-state index < -0.39 is 5.91 Å². The molecule has 4 aromatic rings. The highest BCUT2D eigenvalue weighted by molar-refractivity contribution is 6.11. The zero-order chi connectivity index (χ0) is 18.8. The molecule has 0 fully saturated rings. The number of aromatic nitrogens is 5. The fraction of sp³-hybridized carbons (Fsp3) is 0.0588. The van der Waals surface area contributed by atoms with Crippen molar-refractivity contribution in [1.29, 1.82) is 5.26 Å². The fourth-order valence-electron chi connectivity index (χ4n) is 2.58. The third-order valence-corrected chi connectivity index (χ3v) is 3.89. The number of aromatic amines is 1. The molecule has 4 rings (SSSR count). The Morgan fingerprint density at radius 1 is 1.30 bits per heavy atom. The van der Waals surface area contributed by atoms with Crippen LogP contribution in [-0.2, 0) is 0 Å². The third kappa shape index (κ3) is 2.93. The summed E-state index contributed by atoms with van der Waals surface area (Å²) < 4.78 is 10.3. The summed E-state index contributed by atoms with van der Waals surface area (Å²) in [6.07, 6.45) is 0. The summed E-state index contributed by atoms with van der Waals surface area (Å²) in [6.45, 7) is 0. The van der Waals surface area contributed by atoms with Crippen LogP contribution < -0.4 is 10.1 Å². The number of anilines is 1. The Bertz CT molecular complexity index is 1180. The molecule has 0 aliphatic rings. The molecule has 0 radical (unpaired) electrons. The van der Waals surface area contributed by atoms with Crippen molar-refractivity contribution < 1.29 is 14.1 Å². The molecule has 2 aromatic heterocycles. The Hall–Kier alpha value is -4.26. The summed E-state index contributed by atoms with van der Waals surface area (Å²) in [5.41, 5.74) is 1.85. The van der Waals surface area contributed by atoms with E-state index in [9.17, 15) is 4.79 Å². The number of tetrazole rings is 1. The van der Waals surface area contributed by atoms with Gasteiger partial charge in [-0.05, 0) is 40.8 Å². The molecule has 27 heavy (non-hydrogen) atoms. The monoisotopic (exact) mass is 361 g/mol. The lowest BCUT2D eigenvalue weighted by molar-refractivity contribution is 0.102. The minimum absolute atomic E-state index is 0.124. The fourth-order valence-corrected chi connectivity index (χ4v) is 2.58. The van der Waals surface area contributed by atoms with Crippen LogP contribution in [0, 0.1) is 11.3 Å². The quantitative estimate of drug-likeness (QED) is 0.563. The van der Waals surface area contributed by atoms with Crippen LogP contribution in [0.5, 0.6) is 5.75 Å². The molecule has 0 bridgehead atoms. The van der Waals surface area contributed by atoms with Crippen LogP contribution in [0.2, 0.25) is 0 Å². The van der Waals surface area contributed by atoms with Gasteiger partial charge in [-0.1, -0.05) is 5.16 Å². The molecule has 1 amide bonds. The predicted molar refractivity (Wildman–Crippen MR) is 92.8 cm³/mol. The van der Waals surface area contributed by atoms with Crippen LogP contribution >= 0.6 is 0 Å². The number of fused-ring (bicyclic) bond motifs is 1. The van der Waals surface area contributed by atoms with E-state index in [1.165, 1.54) is 7.11 Å². The lowest BCUT2D eigenvalue weighted by atomic mass is 10.1. The highest BCUT2D eigenvalue weighted by Gasteiger charge is 2.19. The molecule has 0 spiro atoms. The molecule has 2 N–H and O–H groups in total. The summed E-state index contributed by atoms with van der Waals surface area (Å²) in [5, 5.41) is 29.8. The maximum Gasteiger partial charge on any atom is 0.278 e. The number of H-pyrrole nitrogens is 1. The molecule has 10 nitrogen and oxygen atoms in total. The molecule has 0 saturated carbocycles. The van der Waals surface area contributed by atoms with Gasteiger partial charge in [0.2, 0.25) is 0 Å². The number of nitrogens with one attached hydrogen (secondary N) is 2. The molecular weight excluding hydrogens is 350 g/mol. The Kier molecular flexibility index (Phi) is 3.94. The molecular formula is C17H11N7O3. The molecule has 0 saturated heterocycles. The number of rotatable bonds is 4. The van der Waals surface area contributed by atoms with E-state index in [4.69, 9.17) is 14.5 Å². The number of hydrogen-bond acceptors (Lipinski definition) is 8. The van der Waals surface area contributed by atoms with Crippen molar-refractivity contribution in [2.75, 3.05) is 12.4 Å². The van der Waals surface area contributed by atoms with Crippen molar-refractivity contribution in [2.24, 2.45) is 0 Å². The average Bonchev–Trinajstić information content (AvgIpc) is 3.37. The Balaban J connectivity index is 1.71. The summed E-state index contributed by atoms with van der Waals surface area (Å²) in [4.78, 5) is 12.7. The number of nitriles is 1. The van der Waals surface area contributed by atoms with Crippen LogP contribution in [-0.4, -0.2) is 38.8 Å². The molecule has 10 heteroatoms. The van der Waals surface area contributed by atoms with Crippen molar-refractivity contribution in [3.63, 3.8) is 0 Å². The molecule has 0 aliphatic carbocycles. The lowest BCUT2D eigenvalue weighted by Crippen LogP contribution is -2.13. The number of ether oxygens (including phenoxy) is 1. The van der Waals surface area contributed by atoms with Gasteiger partial charge >= 0.3 is 0 Å². The van der Waals surface area contributed by atoms with Crippen molar-refractivity contribution >= 4 is 22.6 Å². The number of carbonyl (C=O) groups excluding carboxylic acids is 1. The van der Waals surface area contributed by atoms with E-state index in [-0.39, 0.29) is 5.69 Å². The first-order valence-electron chi connectivity index (χ1n) is 7.72. The maximum atomic E-state index is 12.7. The van der Waals surface area contributed by atoms with Crippen molar-refractivity contribution in [3.8, 4) is 23.2 Å². The van der Waals surface area contributed by atoms with E-state index in [0.29, 0.717) is 39.4 Å². The average molecular weight is 361 g/mol. The Labute approximate surface area is 151 Å².